The molecule has 1 saturated heterocycles. The van der Waals surface area contributed by atoms with E-state index in [0.29, 0.717) is 17.0 Å². The van der Waals surface area contributed by atoms with Gasteiger partial charge in [0.15, 0.2) is 5.58 Å². The monoisotopic (exact) mass is 391 g/mol. The van der Waals surface area contributed by atoms with E-state index in [1.165, 1.54) is 0 Å². The predicted octanol–water partition coefficient (Wildman–Crippen LogP) is 2.27. The van der Waals surface area contributed by atoms with E-state index in [0.717, 1.165) is 11.1 Å². The number of ether oxygens (including phenoxy) is 2. The van der Waals surface area contributed by atoms with Crippen LogP contribution in [0.4, 0.5) is 0 Å². The Hall–Kier alpha value is -2.16. The van der Waals surface area contributed by atoms with Crippen molar-refractivity contribution < 1.29 is 29.2 Å². The van der Waals surface area contributed by atoms with Crippen LogP contribution in [0.25, 0.3) is 22.6 Å². The summed E-state index contributed by atoms with van der Waals surface area (Å²) in [6.45, 7) is 1.83. The number of hydrogen-bond donors (Lipinski definition) is 3. The smallest absolute Gasteiger partial charge is 0.228 e. The van der Waals surface area contributed by atoms with Gasteiger partial charge >= 0.3 is 0 Å². The van der Waals surface area contributed by atoms with Crippen LogP contribution < -0.4 is 4.74 Å². The molecule has 4 rings (SSSR count). The summed E-state index contributed by atoms with van der Waals surface area (Å²) in [7, 11) is 0. The number of oxazole rings is 1. The van der Waals surface area contributed by atoms with Gasteiger partial charge in [0.2, 0.25) is 12.2 Å². The standard InChI is InChI=1S/C19H18ClNO6/c1-9-2-4-15-12(6-9)21-18(26-15)10-3-5-14(11(20)7-10)27-19-17(24)16(23)13(22)8-25-19/h2-7,13,16-17,19,22-24H,8H2,1H3/t13-,16-,17+,19+/m0/s1. The van der Waals surface area contributed by atoms with Crippen LogP contribution in [-0.2, 0) is 4.74 Å². The molecule has 1 aromatic heterocycles. The SMILES string of the molecule is Cc1ccc2oc(-c3ccc(O[C@H]4OC[C@H](O)[C@H](O)[C@H]4O)c(Cl)c3)nc2c1. The van der Waals surface area contributed by atoms with Crippen LogP contribution in [0, 0.1) is 6.92 Å². The van der Waals surface area contributed by atoms with Crippen molar-refractivity contribution >= 4 is 22.7 Å². The molecule has 0 amide bonds. The summed E-state index contributed by atoms with van der Waals surface area (Å²) in [6, 6.07) is 10.7. The number of aliphatic hydroxyl groups excluding tert-OH is 3. The molecule has 1 aliphatic rings. The Balaban J connectivity index is 1.57. The highest BCUT2D eigenvalue weighted by Gasteiger charge is 2.39. The summed E-state index contributed by atoms with van der Waals surface area (Å²) in [5.74, 6) is 0.691. The third-order valence-electron chi connectivity index (χ3n) is 4.42. The van der Waals surface area contributed by atoms with Crippen LogP contribution in [0.2, 0.25) is 5.02 Å². The molecule has 3 N–H and O–H groups in total. The number of aryl methyl sites for hydroxylation is 1. The molecule has 1 aliphatic heterocycles. The van der Waals surface area contributed by atoms with Crippen molar-refractivity contribution in [3.05, 3.63) is 47.0 Å². The highest BCUT2D eigenvalue weighted by molar-refractivity contribution is 6.32. The molecular formula is C19H18ClNO6. The molecule has 142 valence electrons. The summed E-state index contributed by atoms with van der Waals surface area (Å²) < 4.78 is 16.5. The molecule has 3 aromatic rings. The molecule has 4 atom stereocenters. The van der Waals surface area contributed by atoms with Gasteiger partial charge in [0.25, 0.3) is 0 Å². The van der Waals surface area contributed by atoms with Crippen LogP contribution in [0.3, 0.4) is 0 Å². The topological polar surface area (TPSA) is 105 Å². The fourth-order valence-corrected chi connectivity index (χ4v) is 3.12. The van der Waals surface area contributed by atoms with Gasteiger partial charge < -0.3 is 29.2 Å². The van der Waals surface area contributed by atoms with Gasteiger partial charge in [0.1, 0.15) is 29.6 Å². The van der Waals surface area contributed by atoms with E-state index in [9.17, 15) is 15.3 Å². The minimum atomic E-state index is -1.40. The Morgan fingerprint density at radius 1 is 1.11 bits per heavy atom. The average molecular weight is 392 g/mol. The van der Waals surface area contributed by atoms with E-state index in [1.54, 1.807) is 18.2 Å². The van der Waals surface area contributed by atoms with E-state index in [1.807, 2.05) is 25.1 Å². The molecule has 0 unspecified atom stereocenters. The summed E-state index contributed by atoms with van der Waals surface area (Å²) in [4.78, 5) is 4.47. The number of benzene rings is 2. The molecule has 27 heavy (non-hydrogen) atoms. The summed E-state index contributed by atoms with van der Waals surface area (Å²) >= 11 is 6.29. The molecular weight excluding hydrogens is 374 g/mol. The first-order valence-electron chi connectivity index (χ1n) is 8.42. The minimum absolute atomic E-state index is 0.152. The third kappa shape index (κ3) is 3.52. The lowest BCUT2D eigenvalue weighted by Crippen LogP contribution is -2.54. The number of aromatic nitrogens is 1. The second kappa shape index (κ2) is 7.10. The molecule has 1 fully saturated rings. The van der Waals surface area contributed by atoms with Crippen molar-refractivity contribution in [3.8, 4) is 17.2 Å². The second-order valence-corrected chi connectivity index (χ2v) is 6.91. The highest BCUT2D eigenvalue weighted by Crippen LogP contribution is 2.33. The summed E-state index contributed by atoms with van der Waals surface area (Å²) in [5.41, 5.74) is 3.19. The molecule has 8 heteroatoms. The lowest BCUT2D eigenvalue weighted by atomic mass is 10.1. The fourth-order valence-electron chi connectivity index (χ4n) is 2.90. The van der Waals surface area contributed by atoms with Gasteiger partial charge in [-0.2, -0.15) is 0 Å². The predicted molar refractivity (Wildman–Crippen MR) is 97.6 cm³/mol. The first-order valence-corrected chi connectivity index (χ1v) is 8.80. The number of rotatable bonds is 3. The zero-order chi connectivity index (χ0) is 19.1. The lowest BCUT2D eigenvalue weighted by Gasteiger charge is -2.35. The molecule has 0 radical (unpaired) electrons. The van der Waals surface area contributed by atoms with Gasteiger partial charge in [-0.3, -0.25) is 0 Å². The van der Waals surface area contributed by atoms with Gasteiger partial charge in [-0.25, -0.2) is 4.98 Å². The Bertz CT molecular complexity index is 974. The quantitative estimate of drug-likeness (QED) is 0.629. The Kier molecular flexibility index (Phi) is 4.79. The van der Waals surface area contributed by atoms with Gasteiger partial charge in [0.05, 0.1) is 11.6 Å². The number of nitrogens with zero attached hydrogens (tertiary/aromatic N) is 1. The number of halogens is 1. The molecule has 7 nitrogen and oxygen atoms in total. The molecule has 2 aromatic carbocycles. The van der Waals surface area contributed by atoms with Crippen LogP contribution in [0.1, 0.15) is 5.56 Å². The lowest BCUT2D eigenvalue weighted by molar-refractivity contribution is -0.242. The van der Waals surface area contributed by atoms with Gasteiger partial charge in [0, 0.05) is 5.56 Å². The summed E-state index contributed by atoms with van der Waals surface area (Å²) in [5, 5.41) is 29.5. The fraction of sp³-hybridized carbons (Fsp3) is 0.316. The first-order chi connectivity index (χ1) is 12.9. The van der Waals surface area contributed by atoms with Crippen LogP contribution in [-0.4, -0.2) is 51.5 Å². The minimum Gasteiger partial charge on any atom is -0.460 e. The van der Waals surface area contributed by atoms with Crippen molar-refractivity contribution in [2.75, 3.05) is 6.61 Å². The Labute approximate surface area is 159 Å². The Morgan fingerprint density at radius 3 is 2.70 bits per heavy atom. The molecule has 0 spiro atoms. The number of aliphatic hydroxyl groups is 3. The first kappa shape index (κ1) is 18.2. The average Bonchev–Trinajstić information content (AvgIpc) is 3.06. The highest BCUT2D eigenvalue weighted by atomic mass is 35.5. The van der Waals surface area contributed by atoms with Crippen molar-refractivity contribution in [2.24, 2.45) is 0 Å². The van der Waals surface area contributed by atoms with Crippen LogP contribution in [0.5, 0.6) is 5.75 Å². The molecule has 2 heterocycles. The van der Waals surface area contributed by atoms with Gasteiger partial charge in [-0.1, -0.05) is 17.7 Å². The molecule has 0 aliphatic carbocycles. The zero-order valence-corrected chi connectivity index (χ0v) is 15.1. The number of fused-ring (bicyclic) bond motifs is 1. The van der Waals surface area contributed by atoms with Crippen LogP contribution in [0.15, 0.2) is 40.8 Å². The van der Waals surface area contributed by atoms with Gasteiger partial charge in [-0.05, 0) is 42.8 Å². The van der Waals surface area contributed by atoms with Crippen LogP contribution >= 0.6 is 11.6 Å². The Morgan fingerprint density at radius 2 is 1.93 bits per heavy atom. The van der Waals surface area contributed by atoms with E-state index >= 15 is 0 Å². The largest absolute Gasteiger partial charge is 0.460 e. The number of hydrogen-bond acceptors (Lipinski definition) is 7. The van der Waals surface area contributed by atoms with E-state index in [4.69, 9.17) is 25.5 Å². The zero-order valence-electron chi connectivity index (χ0n) is 14.4. The van der Waals surface area contributed by atoms with E-state index in [2.05, 4.69) is 4.98 Å². The van der Waals surface area contributed by atoms with E-state index < -0.39 is 24.6 Å². The maximum Gasteiger partial charge on any atom is 0.228 e. The van der Waals surface area contributed by atoms with Crippen molar-refractivity contribution in [3.63, 3.8) is 0 Å². The molecule has 0 bridgehead atoms. The molecule has 0 saturated carbocycles. The van der Waals surface area contributed by atoms with E-state index in [-0.39, 0.29) is 17.4 Å². The second-order valence-electron chi connectivity index (χ2n) is 6.50. The van der Waals surface area contributed by atoms with Crippen molar-refractivity contribution in [2.45, 2.75) is 31.5 Å². The van der Waals surface area contributed by atoms with Crippen molar-refractivity contribution in [1.82, 2.24) is 4.98 Å². The third-order valence-corrected chi connectivity index (χ3v) is 4.71. The van der Waals surface area contributed by atoms with Crippen molar-refractivity contribution in [1.29, 1.82) is 0 Å². The maximum atomic E-state index is 9.97. The normalized spacial score (nSPS) is 25.7. The summed E-state index contributed by atoms with van der Waals surface area (Å²) in [6.07, 6.45) is -5.06. The van der Waals surface area contributed by atoms with Gasteiger partial charge in [-0.15, -0.1) is 0 Å². The maximum absolute atomic E-state index is 9.97.